The number of thiophene rings is 1. The van der Waals surface area contributed by atoms with Crippen molar-refractivity contribution < 1.29 is 0 Å². The van der Waals surface area contributed by atoms with Crippen LogP contribution in [0.1, 0.15) is 10.6 Å². The average Bonchev–Trinajstić information content (AvgIpc) is 2.79. The van der Waals surface area contributed by atoms with E-state index in [1.165, 1.54) is 16.6 Å². The Morgan fingerprint density at radius 2 is 2.10 bits per heavy atom. The molecule has 0 unspecified atom stereocenters. The Bertz CT molecular complexity index is 770. The SMILES string of the molecule is Cc1ccnc(Sc2nc(NN)nc3sc(C)cc23)n1. The summed E-state index contributed by atoms with van der Waals surface area (Å²) in [5, 5.41) is 2.47. The zero-order valence-electron chi connectivity index (χ0n) is 10.9. The van der Waals surface area contributed by atoms with Crippen molar-refractivity contribution in [3.8, 4) is 0 Å². The number of aromatic nitrogens is 4. The van der Waals surface area contributed by atoms with Crippen molar-refractivity contribution in [3.05, 3.63) is 28.9 Å². The molecule has 6 nitrogen and oxygen atoms in total. The molecule has 0 amide bonds. The van der Waals surface area contributed by atoms with Gasteiger partial charge in [0.25, 0.3) is 0 Å². The zero-order chi connectivity index (χ0) is 14.1. The number of rotatable bonds is 3. The third-order valence-corrected chi connectivity index (χ3v) is 4.40. The molecule has 8 heteroatoms. The van der Waals surface area contributed by atoms with Crippen LogP contribution in [0, 0.1) is 13.8 Å². The smallest absolute Gasteiger partial charge is 0.239 e. The Balaban J connectivity index is 2.09. The number of nitrogens with zero attached hydrogens (tertiary/aromatic N) is 4. The van der Waals surface area contributed by atoms with Gasteiger partial charge in [-0.05, 0) is 37.7 Å². The minimum absolute atomic E-state index is 0.398. The molecule has 0 fully saturated rings. The van der Waals surface area contributed by atoms with Crippen molar-refractivity contribution in [2.75, 3.05) is 5.43 Å². The third kappa shape index (κ3) is 2.58. The summed E-state index contributed by atoms with van der Waals surface area (Å²) in [5.74, 6) is 5.82. The Morgan fingerprint density at radius 1 is 1.25 bits per heavy atom. The number of aryl methyl sites for hydroxylation is 2. The molecule has 0 spiro atoms. The first-order valence-corrected chi connectivity index (χ1v) is 7.51. The minimum atomic E-state index is 0.398. The van der Waals surface area contributed by atoms with Gasteiger partial charge in [0.15, 0.2) is 5.16 Å². The number of nitrogens with two attached hydrogens (primary N) is 1. The van der Waals surface area contributed by atoms with Crippen LogP contribution in [0.15, 0.2) is 28.5 Å². The van der Waals surface area contributed by atoms with E-state index in [2.05, 4.69) is 31.4 Å². The van der Waals surface area contributed by atoms with Crippen LogP contribution in [-0.4, -0.2) is 19.9 Å². The molecule has 0 bridgehead atoms. The molecule has 3 aromatic rings. The van der Waals surface area contributed by atoms with E-state index in [0.29, 0.717) is 11.1 Å². The molecule has 0 aliphatic carbocycles. The van der Waals surface area contributed by atoms with E-state index < -0.39 is 0 Å². The first-order valence-electron chi connectivity index (χ1n) is 5.88. The number of hydrogen-bond donors (Lipinski definition) is 2. The van der Waals surface area contributed by atoms with E-state index in [0.717, 1.165) is 20.9 Å². The van der Waals surface area contributed by atoms with Gasteiger partial charge in [0.1, 0.15) is 9.86 Å². The highest BCUT2D eigenvalue weighted by molar-refractivity contribution is 7.99. The number of hydrazine groups is 1. The summed E-state index contributed by atoms with van der Waals surface area (Å²) in [5.41, 5.74) is 3.42. The predicted octanol–water partition coefficient (Wildman–Crippen LogP) is 2.53. The monoisotopic (exact) mass is 304 g/mol. The minimum Gasteiger partial charge on any atom is -0.292 e. The fourth-order valence-corrected chi connectivity index (χ4v) is 3.54. The number of anilines is 1. The summed E-state index contributed by atoms with van der Waals surface area (Å²) in [6.07, 6.45) is 1.74. The number of nitrogens with one attached hydrogen (secondary N) is 1. The lowest BCUT2D eigenvalue weighted by Gasteiger charge is -2.04. The molecule has 102 valence electrons. The average molecular weight is 304 g/mol. The van der Waals surface area contributed by atoms with Gasteiger partial charge < -0.3 is 0 Å². The topological polar surface area (TPSA) is 89.6 Å². The highest BCUT2D eigenvalue weighted by atomic mass is 32.2. The Morgan fingerprint density at radius 3 is 2.85 bits per heavy atom. The Hall–Kier alpha value is -1.77. The van der Waals surface area contributed by atoms with E-state index in [1.54, 1.807) is 17.5 Å². The largest absolute Gasteiger partial charge is 0.292 e. The first kappa shape index (κ1) is 13.2. The molecule has 0 saturated heterocycles. The zero-order valence-corrected chi connectivity index (χ0v) is 12.5. The number of fused-ring (bicyclic) bond motifs is 1. The highest BCUT2D eigenvalue weighted by Crippen LogP contribution is 2.34. The van der Waals surface area contributed by atoms with Crippen LogP contribution in [0.4, 0.5) is 5.95 Å². The lowest BCUT2D eigenvalue weighted by molar-refractivity contribution is 0.928. The van der Waals surface area contributed by atoms with Gasteiger partial charge >= 0.3 is 0 Å². The summed E-state index contributed by atoms with van der Waals surface area (Å²) in [7, 11) is 0. The maximum atomic E-state index is 5.42. The summed E-state index contributed by atoms with van der Waals surface area (Å²) < 4.78 is 0. The van der Waals surface area contributed by atoms with Gasteiger partial charge in [0.2, 0.25) is 5.95 Å². The normalized spacial score (nSPS) is 10.9. The Labute approximate surface area is 123 Å². The van der Waals surface area contributed by atoms with Crippen LogP contribution in [0.2, 0.25) is 0 Å². The van der Waals surface area contributed by atoms with E-state index in [4.69, 9.17) is 5.84 Å². The summed E-state index contributed by atoms with van der Waals surface area (Å²) in [6, 6.07) is 3.93. The summed E-state index contributed by atoms with van der Waals surface area (Å²) in [4.78, 5) is 19.5. The van der Waals surface area contributed by atoms with Gasteiger partial charge in [-0.15, -0.1) is 11.3 Å². The van der Waals surface area contributed by atoms with Crippen LogP contribution < -0.4 is 11.3 Å². The second kappa shape index (κ2) is 5.31. The van der Waals surface area contributed by atoms with Crippen molar-refractivity contribution in [1.82, 2.24) is 19.9 Å². The van der Waals surface area contributed by atoms with Crippen molar-refractivity contribution in [3.63, 3.8) is 0 Å². The standard InChI is InChI=1S/C12H12N6S2/c1-6-3-4-14-12(15-6)20-10-8-5-7(2)19-9(8)16-11(17-10)18-13/h3-5H,13H2,1-2H3,(H,16,17,18). The molecule has 3 heterocycles. The predicted molar refractivity (Wildman–Crippen MR) is 80.9 cm³/mol. The van der Waals surface area contributed by atoms with Gasteiger partial charge in [-0.1, -0.05) is 0 Å². The van der Waals surface area contributed by atoms with Crippen LogP contribution in [0.5, 0.6) is 0 Å². The van der Waals surface area contributed by atoms with Gasteiger partial charge in [-0.25, -0.2) is 25.8 Å². The van der Waals surface area contributed by atoms with Crippen molar-refractivity contribution in [2.45, 2.75) is 24.0 Å². The molecule has 3 rings (SSSR count). The maximum absolute atomic E-state index is 5.42. The fourth-order valence-electron chi connectivity index (χ4n) is 1.72. The first-order chi connectivity index (χ1) is 9.65. The van der Waals surface area contributed by atoms with Gasteiger partial charge in [-0.2, -0.15) is 0 Å². The molecule has 3 N–H and O–H groups in total. The molecule has 3 aromatic heterocycles. The van der Waals surface area contributed by atoms with E-state index >= 15 is 0 Å². The van der Waals surface area contributed by atoms with E-state index in [1.807, 2.05) is 19.9 Å². The molecule has 0 atom stereocenters. The van der Waals surface area contributed by atoms with Crippen LogP contribution in [-0.2, 0) is 0 Å². The number of nitrogen functional groups attached to an aromatic ring is 1. The lowest BCUT2D eigenvalue weighted by Crippen LogP contribution is -2.10. The molecule has 0 aliphatic heterocycles. The molecular weight excluding hydrogens is 292 g/mol. The molecule has 0 saturated carbocycles. The lowest BCUT2D eigenvalue weighted by atomic mass is 10.4. The fraction of sp³-hybridized carbons (Fsp3) is 0.167. The van der Waals surface area contributed by atoms with Gasteiger partial charge in [-0.3, -0.25) is 5.43 Å². The van der Waals surface area contributed by atoms with Crippen LogP contribution in [0.25, 0.3) is 10.2 Å². The van der Waals surface area contributed by atoms with Gasteiger partial charge in [0.05, 0.1) is 0 Å². The second-order valence-electron chi connectivity index (χ2n) is 4.16. The van der Waals surface area contributed by atoms with Crippen molar-refractivity contribution in [1.29, 1.82) is 0 Å². The third-order valence-electron chi connectivity index (χ3n) is 2.57. The second-order valence-corrected chi connectivity index (χ2v) is 6.35. The quantitative estimate of drug-likeness (QED) is 0.332. The maximum Gasteiger partial charge on any atom is 0.239 e. The highest BCUT2D eigenvalue weighted by Gasteiger charge is 2.12. The molecule has 0 aromatic carbocycles. The summed E-state index contributed by atoms with van der Waals surface area (Å²) >= 11 is 3.02. The van der Waals surface area contributed by atoms with Crippen LogP contribution >= 0.6 is 23.1 Å². The molecule has 0 radical (unpaired) electrons. The van der Waals surface area contributed by atoms with Crippen molar-refractivity contribution in [2.24, 2.45) is 5.84 Å². The van der Waals surface area contributed by atoms with Crippen molar-refractivity contribution >= 4 is 39.3 Å². The van der Waals surface area contributed by atoms with Gasteiger partial charge in [0, 0.05) is 22.2 Å². The Kier molecular flexibility index (Phi) is 3.51. The van der Waals surface area contributed by atoms with E-state index in [9.17, 15) is 0 Å². The molecular formula is C12H12N6S2. The number of hydrogen-bond acceptors (Lipinski definition) is 8. The van der Waals surface area contributed by atoms with E-state index in [-0.39, 0.29) is 0 Å². The van der Waals surface area contributed by atoms with Crippen LogP contribution in [0.3, 0.4) is 0 Å². The molecule has 0 aliphatic rings. The molecule has 20 heavy (non-hydrogen) atoms. The summed E-state index contributed by atoms with van der Waals surface area (Å²) in [6.45, 7) is 3.97.